The van der Waals surface area contributed by atoms with Crippen molar-refractivity contribution >= 4 is 40.9 Å². The number of nitrogens with one attached hydrogen (secondary N) is 2. The van der Waals surface area contributed by atoms with Crippen molar-refractivity contribution in [2.45, 2.75) is 24.9 Å². The average Bonchev–Trinajstić information content (AvgIpc) is 3.48. The number of rotatable bonds is 6. The van der Waals surface area contributed by atoms with E-state index >= 15 is 0 Å². The van der Waals surface area contributed by atoms with Gasteiger partial charge in [0.25, 0.3) is 11.8 Å². The Balaban J connectivity index is 1.54. The molecule has 3 heterocycles. The van der Waals surface area contributed by atoms with Gasteiger partial charge in [0.2, 0.25) is 5.95 Å². The minimum absolute atomic E-state index is 0.0276. The summed E-state index contributed by atoms with van der Waals surface area (Å²) in [7, 11) is 0. The third kappa shape index (κ3) is 4.52. The summed E-state index contributed by atoms with van der Waals surface area (Å²) in [5.74, 6) is -0.638. The maximum atomic E-state index is 12.8. The second-order valence-corrected chi connectivity index (χ2v) is 7.99. The predicted molar refractivity (Wildman–Crippen MR) is 127 cm³/mol. The Labute approximate surface area is 199 Å². The number of aliphatic hydroxyl groups excluding tert-OH is 1. The summed E-state index contributed by atoms with van der Waals surface area (Å²) in [5.41, 5.74) is 1.21. The fourth-order valence-corrected chi connectivity index (χ4v) is 3.92. The van der Waals surface area contributed by atoms with Crippen molar-refractivity contribution < 1.29 is 24.2 Å². The van der Waals surface area contributed by atoms with Gasteiger partial charge in [-0.15, -0.1) is 0 Å². The molecule has 35 heavy (non-hydrogen) atoms. The van der Waals surface area contributed by atoms with Crippen LogP contribution in [-0.4, -0.2) is 50.0 Å². The molecule has 2 aromatic carbocycles. The van der Waals surface area contributed by atoms with E-state index in [2.05, 4.69) is 20.6 Å². The maximum Gasteiger partial charge on any atom is 0.258 e. The molecule has 0 radical (unpaired) electrons. The van der Waals surface area contributed by atoms with Gasteiger partial charge in [-0.2, -0.15) is 9.97 Å². The van der Waals surface area contributed by atoms with E-state index in [4.69, 9.17) is 4.74 Å². The third-order valence-corrected chi connectivity index (χ3v) is 5.68. The summed E-state index contributed by atoms with van der Waals surface area (Å²) in [6.45, 7) is 0. The van der Waals surface area contributed by atoms with Crippen LogP contribution in [0.25, 0.3) is 11.0 Å². The number of hydrogen-bond donors (Lipinski definition) is 3. The van der Waals surface area contributed by atoms with Crippen molar-refractivity contribution in [1.82, 2.24) is 14.5 Å². The van der Waals surface area contributed by atoms with E-state index in [9.17, 15) is 19.5 Å². The minimum atomic E-state index is -0.953. The highest BCUT2D eigenvalue weighted by Gasteiger charge is 2.35. The lowest BCUT2D eigenvalue weighted by Gasteiger charge is -2.15. The molecule has 3 atom stereocenters. The summed E-state index contributed by atoms with van der Waals surface area (Å²) >= 11 is 0. The van der Waals surface area contributed by atoms with Crippen molar-refractivity contribution in [3.63, 3.8) is 0 Å². The SMILES string of the molecule is O=C[C@H]1O[C@@H](n2ccc3c(NC(=O)c4ccccc4)nc(NC(=O)c4ccccc4)nc32)C[C@@H]1O. The molecule has 1 saturated heterocycles. The van der Waals surface area contributed by atoms with Gasteiger partial charge in [0.05, 0.1) is 11.5 Å². The van der Waals surface area contributed by atoms with E-state index in [1.54, 1.807) is 77.5 Å². The summed E-state index contributed by atoms with van der Waals surface area (Å²) in [4.78, 5) is 45.6. The van der Waals surface area contributed by atoms with Gasteiger partial charge in [0, 0.05) is 23.7 Å². The second-order valence-electron chi connectivity index (χ2n) is 7.99. The molecule has 10 nitrogen and oxygen atoms in total. The zero-order valence-corrected chi connectivity index (χ0v) is 18.4. The number of aromatic nitrogens is 3. The number of hydrogen-bond acceptors (Lipinski definition) is 7. The van der Waals surface area contributed by atoms with Crippen LogP contribution in [0.4, 0.5) is 11.8 Å². The summed E-state index contributed by atoms with van der Waals surface area (Å²) in [6, 6.07) is 18.9. The summed E-state index contributed by atoms with van der Waals surface area (Å²) < 4.78 is 7.30. The van der Waals surface area contributed by atoms with Gasteiger partial charge < -0.3 is 24.5 Å². The van der Waals surface area contributed by atoms with Gasteiger partial charge in [-0.3, -0.25) is 14.9 Å². The molecule has 4 aromatic rings. The van der Waals surface area contributed by atoms with Crippen molar-refractivity contribution in [2.24, 2.45) is 0 Å². The van der Waals surface area contributed by atoms with Crippen LogP contribution in [0, 0.1) is 0 Å². The van der Waals surface area contributed by atoms with Gasteiger partial charge in [-0.1, -0.05) is 36.4 Å². The van der Waals surface area contributed by atoms with Crippen molar-refractivity contribution in [3.05, 3.63) is 84.1 Å². The number of ether oxygens (including phenoxy) is 1. The molecule has 0 unspecified atom stereocenters. The van der Waals surface area contributed by atoms with Gasteiger partial charge in [0.15, 0.2) is 6.29 Å². The number of benzene rings is 2. The minimum Gasteiger partial charge on any atom is -0.390 e. The van der Waals surface area contributed by atoms with Gasteiger partial charge in [-0.05, 0) is 30.3 Å². The Morgan fingerprint density at radius 3 is 2.17 bits per heavy atom. The molecule has 1 aliphatic heterocycles. The molecule has 2 aromatic heterocycles. The molecule has 0 aliphatic carbocycles. The van der Waals surface area contributed by atoms with E-state index in [1.165, 1.54) is 0 Å². The van der Waals surface area contributed by atoms with E-state index < -0.39 is 24.3 Å². The summed E-state index contributed by atoms with van der Waals surface area (Å²) in [6.07, 6.45) is -0.162. The van der Waals surface area contributed by atoms with Crippen LogP contribution in [0.3, 0.4) is 0 Å². The first-order valence-electron chi connectivity index (χ1n) is 10.9. The number of carbonyl (C=O) groups excluding carboxylic acids is 3. The van der Waals surface area contributed by atoms with Crippen molar-refractivity contribution in [2.75, 3.05) is 10.6 Å². The highest BCUT2D eigenvalue weighted by molar-refractivity contribution is 6.08. The standard InChI is InChI=1S/C25H21N5O5/c31-14-19-18(32)13-20(35-19)30-12-11-17-21(26-23(33)15-7-3-1-4-8-15)27-25(28-22(17)30)29-24(34)16-9-5-2-6-10-16/h1-12,14,18-20,32H,13H2,(H2,26,27,28,29,33,34)/t18-,19+,20+/m0/s1. The van der Waals surface area contributed by atoms with Crippen LogP contribution >= 0.6 is 0 Å². The second kappa shape index (κ2) is 9.45. The van der Waals surface area contributed by atoms with Crippen LogP contribution in [-0.2, 0) is 9.53 Å². The van der Waals surface area contributed by atoms with Gasteiger partial charge in [0.1, 0.15) is 23.8 Å². The summed E-state index contributed by atoms with van der Waals surface area (Å²) in [5, 5.41) is 16.1. The Kier molecular flexibility index (Phi) is 6.04. The molecule has 5 rings (SSSR count). The molecular weight excluding hydrogens is 450 g/mol. The smallest absolute Gasteiger partial charge is 0.258 e. The molecule has 3 N–H and O–H groups in total. The first kappa shape index (κ1) is 22.4. The molecule has 0 spiro atoms. The van der Waals surface area contributed by atoms with E-state index in [-0.39, 0.29) is 24.1 Å². The third-order valence-electron chi connectivity index (χ3n) is 5.68. The average molecular weight is 471 g/mol. The molecule has 10 heteroatoms. The topological polar surface area (TPSA) is 135 Å². The molecule has 2 amide bonds. The number of fused-ring (bicyclic) bond motifs is 1. The van der Waals surface area contributed by atoms with Crippen LogP contribution in [0.1, 0.15) is 33.4 Å². The van der Waals surface area contributed by atoms with Crippen LogP contribution in [0.5, 0.6) is 0 Å². The number of amides is 2. The predicted octanol–water partition coefficient (Wildman–Crippen LogP) is 2.78. The largest absolute Gasteiger partial charge is 0.390 e. The lowest BCUT2D eigenvalue weighted by Crippen LogP contribution is -2.21. The molecule has 0 bridgehead atoms. The molecular formula is C25H21N5O5. The van der Waals surface area contributed by atoms with Crippen LogP contribution < -0.4 is 10.6 Å². The highest BCUT2D eigenvalue weighted by Crippen LogP contribution is 2.33. The van der Waals surface area contributed by atoms with E-state index in [0.717, 1.165) is 0 Å². The lowest BCUT2D eigenvalue weighted by molar-refractivity contribution is -0.122. The number of carbonyl (C=O) groups is 3. The Morgan fingerprint density at radius 2 is 1.57 bits per heavy atom. The van der Waals surface area contributed by atoms with Crippen molar-refractivity contribution in [3.8, 4) is 0 Å². The molecule has 1 fully saturated rings. The van der Waals surface area contributed by atoms with Crippen LogP contribution in [0.2, 0.25) is 0 Å². The number of aldehydes is 1. The lowest BCUT2D eigenvalue weighted by atomic mass is 10.2. The Hall–Kier alpha value is -4.41. The van der Waals surface area contributed by atoms with Crippen molar-refractivity contribution in [1.29, 1.82) is 0 Å². The fraction of sp³-hybridized carbons (Fsp3) is 0.160. The first-order chi connectivity index (χ1) is 17.0. The van der Waals surface area contributed by atoms with E-state index in [0.29, 0.717) is 28.4 Å². The van der Waals surface area contributed by atoms with E-state index in [1.807, 2.05) is 0 Å². The highest BCUT2D eigenvalue weighted by atomic mass is 16.5. The number of aliphatic hydroxyl groups is 1. The van der Waals surface area contributed by atoms with Gasteiger partial charge >= 0.3 is 0 Å². The molecule has 176 valence electrons. The molecule has 0 saturated carbocycles. The maximum absolute atomic E-state index is 12.8. The number of anilines is 2. The normalized spacial score (nSPS) is 19.4. The monoisotopic (exact) mass is 471 g/mol. The molecule has 1 aliphatic rings. The van der Waals surface area contributed by atoms with Gasteiger partial charge in [-0.25, -0.2) is 0 Å². The Morgan fingerprint density at radius 1 is 0.943 bits per heavy atom. The fourth-order valence-electron chi connectivity index (χ4n) is 3.92. The Bertz CT molecular complexity index is 1390. The zero-order chi connectivity index (χ0) is 24.4. The number of nitrogens with zero attached hydrogens (tertiary/aromatic N) is 3. The zero-order valence-electron chi connectivity index (χ0n) is 18.4. The van der Waals surface area contributed by atoms with Crippen LogP contribution in [0.15, 0.2) is 72.9 Å². The first-order valence-corrected chi connectivity index (χ1v) is 10.9. The quantitative estimate of drug-likeness (QED) is 0.368.